The molecule has 190 valence electrons. The van der Waals surface area contributed by atoms with Crippen molar-refractivity contribution in [3.63, 3.8) is 0 Å². The SMILES string of the molecule is CCOc1ccc(NS(=O)(=O)c2ccc(N=Cc3c(O)n(-c4cccc(Cl)c4)c(=O)[nH]c3=O)cc2)cc1. The molecule has 0 aliphatic carbocycles. The number of H-pyrrole nitrogens is 1. The summed E-state index contributed by atoms with van der Waals surface area (Å²) in [7, 11) is -3.87. The molecule has 0 saturated heterocycles. The number of nitrogens with zero attached hydrogens (tertiary/aromatic N) is 2. The van der Waals surface area contributed by atoms with E-state index >= 15 is 0 Å². The number of ether oxygens (including phenoxy) is 1. The van der Waals surface area contributed by atoms with Crippen LogP contribution in [0, 0.1) is 0 Å². The summed E-state index contributed by atoms with van der Waals surface area (Å²) in [5, 5.41) is 11.0. The number of rotatable bonds is 8. The minimum absolute atomic E-state index is 0.00413. The maximum Gasteiger partial charge on any atom is 0.335 e. The molecule has 4 rings (SSSR count). The van der Waals surface area contributed by atoms with E-state index in [1.165, 1.54) is 36.4 Å². The molecule has 10 nitrogen and oxygen atoms in total. The molecule has 37 heavy (non-hydrogen) atoms. The van der Waals surface area contributed by atoms with Gasteiger partial charge in [0.2, 0.25) is 5.88 Å². The number of aromatic amines is 1. The van der Waals surface area contributed by atoms with Gasteiger partial charge in [-0.25, -0.2) is 17.8 Å². The van der Waals surface area contributed by atoms with Crippen molar-refractivity contribution in [2.45, 2.75) is 11.8 Å². The van der Waals surface area contributed by atoms with E-state index in [0.717, 1.165) is 10.8 Å². The van der Waals surface area contributed by atoms with Crippen molar-refractivity contribution in [1.82, 2.24) is 9.55 Å². The molecule has 4 aromatic rings. The average molecular weight is 541 g/mol. The molecular formula is C25H21ClN4O6S. The van der Waals surface area contributed by atoms with E-state index in [9.17, 15) is 23.1 Å². The van der Waals surface area contributed by atoms with Gasteiger partial charge in [-0.2, -0.15) is 0 Å². The quantitative estimate of drug-likeness (QED) is 0.290. The van der Waals surface area contributed by atoms with Crippen molar-refractivity contribution in [2.24, 2.45) is 4.99 Å². The van der Waals surface area contributed by atoms with Crippen LogP contribution in [0.15, 0.2) is 92.3 Å². The zero-order chi connectivity index (χ0) is 26.6. The molecule has 0 amide bonds. The summed E-state index contributed by atoms with van der Waals surface area (Å²) in [6.45, 7) is 2.35. The summed E-state index contributed by atoms with van der Waals surface area (Å²) in [5.41, 5.74) is -1.04. The summed E-state index contributed by atoms with van der Waals surface area (Å²) in [6.07, 6.45) is 1.08. The topological polar surface area (TPSA) is 143 Å². The predicted octanol–water partition coefficient (Wildman–Crippen LogP) is 3.83. The summed E-state index contributed by atoms with van der Waals surface area (Å²) < 4.78 is 34.2. The Bertz CT molecular complexity index is 1680. The second kappa shape index (κ2) is 10.7. The number of halogens is 1. The highest BCUT2D eigenvalue weighted by Gasteiger charge is 2.16. The summed E-state index contributed by atoms with van der Waals surface area (Å²) >= 11 is 5.97. The summed E-state index contributed by atoms with van der Waals surface area (Å²) in [5.74, 6) is -0.000894. The largest absolute Gasteiger partial charge is 0.494 e. The molecule has 0 radical (unpaired) electrons. The van der Waals surface area contributed by atoms with Crippen LogP contribution in [0.5, 0.6) is 11.6 Å². The van der Waals surface area contributed by atoms with Crippen LogP contribution in [0.3, 0.4) is 0 Å². The van der Waals surface area contributed by atoms with Crippen molar-refractivity contribution < 1.29 is 18.3 Å². The van der Waals surface area contributed by atoms with Gasteiger partial charge in [0, 0.05) is 16.9 Å². The van der Waals surface area contributed by atoms with Crippen molar-refractivity contribution in [1.29, 1.82) is 0 Å². The Morgan fingerprint density at radius 1 is 1.08 bits per heavy atom. The van der Waals surface area contributed by atoms with E-state index in [-0.39, 0.29) is 16.1 Å². The van der Waals surface area contributed by atoms with Gasteiger partial charge in [0.25, 0.3) is 15.6 Å². The second-order valence-electron chi connectivity index (χ2n) is 7.63. The van der Waals surface area contributed by atoms with E-state index in [2.05, 4.69) is 14.7 Å². The fraction of sp³-hybridized carbons (Fsp3) is 0.0800. The van der Waals surface area contributed by atoms with Gasteiger partial charge in [0.15, 0.2) is 0 Å². The smallest absolute Gasteiger partial charge is 0.335 e. The first-order valence-corrected chi connectivity index (χ1v) is 12.8. The lowest BCUT2D eigenvalue weighted by Crippen LogP contribution is -2.31. The Balaban J connectivity index is 1.57. The third-order valence-corrected chi connectivity index (χ3v) is 6.73. The fourth-order valence-corrected chi connectivity index (χ4v) is 4.60. The highest BCUT2D eigenvalue weighted by atomic mass is 35.5. The molecule has 1 aromatic heterocycles. The van der Waals surface area contributed by atoms with Crippen molar-refractivity contribution in [2.75, 3.05) is 11.3 Å². The normalized spacial score (nSPS) is 11.5. The number of aromatic nitrogens is 2. The van der Waals surface area contributed by atoms with Gasteiger partial charge in [-0.15, -0.1) is 0 Å². The number of nitrogens with one attached hydrogen (secondary N) is 2. The third-order valence-electron chi connectivity index (χ3n) is 5.09. The van der Waals surface area contributed by atoms with Crippen LogP contribution in [-0.2, 0) is 10.0 Å². The lowest BCUT2D eigenvalue weighted by molar-refractivity contribution is 0.340. The number of anilines is 1. The minimum atomic E-state index is -3.87. The lowest BCUT2D eigenvalue weighted by atomic mass is 10.3. The highest BCUT2D eigenvalue weighted by Crippen LogP contribution is 2.23. The maximum atomic E-state index is 12.7. The Kier molecular flexibility index (Phi) is 7.46. The van der Waals surface area contributed by atoms with Crippen molar-refractivity contribution in [3.05, 3.63) is 104 Å². The van der Waals surface area contributed by atoms with Crippen LogP contribution in [-0.4, -0.2) is 35.9 Å². The molecule has 0 bridgehead atoms. The molecule has 0 unspecified atom stereocenters. The van der Waals surface area contributed by atoms with Gasteiger partial charge in [-0.3, -0.25) is 19.5 Å². The Morgan fingerprint density at radius 3 is 2.43 bits per heavy atom. The van der Waals surface area contributed by atoms with Gasteiger partial charge >= 0.3 is 5.69 Å². The molecule has 0 spiro atoms. The van der Waals surface area contributed by atoms with E-state index < -0.39 is 27.2 Å². The first-order valence-electron chi connectivity index (χ1n) is 10.9. The van der Waals surface area contributed by atoms with Crippen LogP contribution in [0.25, 0.3) is 5.69 Å². The summed E-state index contributed by atoms with van der Waals surface area (Å²) in [6, 6.07) is 18.2. The molecule has 0 aliphatic rings. The zero-order valence-electron chi connectivity index (χ0n) is 19.4. The summed E-state index contributed by atoms with van der Waals surface area (Å²) in [4.78, 5) is 30.9. The number of benzene rings is 3. The Morgan fingerprint density at radius 2 is 1.78 bits per heavy atom. The number of sulfonamides is 1. The number of hydrogen-bond acceptors (Lipinski definition) is 7. The van der Waals surface area contributed by atoms with Gasteiger partial charge in [0.05, 0.1) is 22.9 Å². The van der Waals surface area contributed by atoms with E-state index in [4.69, 9.17) is 16.3 Å². The predicted molar refractivity (Wildman–Crippen MR) is 141 cm³/mol. The minimum Gasteiger partial charge on any atom is -0.494 e. The van der Waals surface area contributed by atoms with Gasteiger partial charge in [-0.1, -0.05) is 17.7 Å². The third kappa shape index (κ3) is 5.90. The molecule has 0 atom stereocenters. The molecule has 0 aliphatic heterocycles. The zero-order valence-corrected chi connectivity index (χ0v) is 21.0. The molecule has 12 heteroatoms. The number of aliphatic imine (C=N–C) groups is 1. The van der Waals surface area contributed by atoms with Crippen LogP contribution in [0.1, 0.15) is 12.5 Å². The maximum absolute atomic E-state index is 12.7. The van der Waals surface area contributed by atoms with Crippen LogP contribution in [0.2, 0.25) is 5.02 Å². The Labute approximate surface area is 216 Å². The second-order valence-corrected chi connectivity index (χ2v) is 9.75. The molecular weight excluding hydrogens is 520 g/mol. The monoisotopic (exact) mass is 540 g/mol. The van der Waals surface area contributed by atoms with E-state index in [1.807, 2.05) is 6.92 Å². The van der Waals surface area contributed by atoms with Crippen LogP contribution in [0.4, 0.5) is 11.4 Å². The number of hydrogen-bond donors (Lipinski definition) is 3. The lowest BCUT2D eigenvalue weighted by Gasteiger charge is -2.10. The van der Waals surface area contributed by atoms with Crippen LogP contribution < -0.4 is 20.7 Å². The molecule has 3 N–H and O–H groups in total. The first kappa shape index (κ1) is 25.7. The number of aromatic hydroxyl groups is 1. The van der Waals surface area contributed by atoms with Gasteiger partial charge < -0.3 is 9.84 Å². The highest BCUT2D eigenvalue weighted by molar-refractivity contribution is 7.92. The van der Waals surface area contributed by atoms with Crippen molar-refractivity contribution >= 4 is 39.2 Å². The fourth-order valence-electron chi connectivity index (χ4n) is 3.36. The molecule has 0 fully saturated rings. The average Bonchev–Trinajstić information content (AvgIpc) is 2.85. The molecule has 1 heterocycles. The van der Waals surface area contributed by atoms with Crippen LogP contribution >= 0.6 is 11.6 Å². The first-order chi connectivity index (χ1) is 17.7. The van der Waals surface area contributed by atoms with Gasteiger partial charge in [0.1, 0.15) is 11.3 Å². The molecule has 0 saturated carbocycles. The van der Waals surface area contributed by atoms with Crippen molar-refractivity contribution in [3.8, 4) is 17.3 Å². The molecule has 3 aromatic carbocycles. The standard InChI is InChI=1S/C25H21ClN4O6S/c1-2-36-20-10-6-18(7-11-20)29-37(34,35)21-12-8-17(9-13-21)27-15-22-23(31)28-25(33)30(24(22)32)19-5-3-4-16(26)14-19/h3-15,29,32H,2H2,1H3,(H,28,31,33). The van der Waals surface area contributed by atoms with Gasteiger partial charge in [-0.05, 0) is 73.7 Å². The van der Waals surface area contributed by atoms with E-state index in [1.54, 1.807) is 36.4 Å². The van der Waals surface area contributed by atoms with E-state index in [0.29, 0.717) is 28.8 Å². The Hall–Kier alpha value is -4.35.